The quantitative estimate of drug-likeness (QED) is 0.768. The highest BCUT2D eigenvalue weighted by Crippen LogP contribution is 2.29. The highest BCUT2D eigenvalue weighted by Gasteiger charge is 2.10. The Morgan fingerprint density at radius 1 is 1.11 bits per heavy atom. The third kappa shape index (κ3) is 3.67. The van der Waals surface area contributed by atoms with Crippen LogP contribution in [0, 0.1) is 11.6 Å². The number of benzene rings is 2. The van der Waals surface area contributed by atoms with Crippen molar-refractivity contribution in [1.82, 2.24) is 0 Å². The van der Waals surface area contributed by atoms with Gasteiger partial charge in [-0.1, -0.05) is 27.5 Å². The highest BCUT2D eigenvalue weighted by atomic mass is 79.9. The lowest BCUT2D eigenvalue weighted by molar-refractivity contribution is 0.577. The first-order valence-electron chi connectivity index (χ1n) is 5.63. The molecule has 0 amide bonds. The molecule has 0 heterocycles. The van der Waals surface area contributed by atoms with Crippen LogP contribution in [0.25, 0.3) is 0 Å². The lowest BCUT2D eigenvalue weighted by Crippen LogP contribution is -2.07. The third-order valence-corrected chi connectivity index (χ3v) is 3.51. The highest BCUT2D eigenvalue weighted by molar-refractivity contribution is 9.10. The van der Waals surface area contributed by atoms with E-state index in [0.717, 1.165) is 10.5 Å². The lowest BCUT2D eigenvalue weighted by atomic mass is 10.1. The van der Waals surface area contributed by atoms with Gasteiger partial charge in [0.15, 0.2) is 0 Å². The molecule has 0 aliphatic heterocycles. The number of anilines is 1. The average molecular weight is 347 g/mol. The Bertz CT molecular complexity index is 584. The predicted octanol–water partition coefficient (Wildman–Crippen LogP) is 5.55. The van der Waals surface area contributed by atoms with Gasteiger partial charge in [-0.2, -0.15) is 0 Å². The molecule has 1 N–H and O–H groups in total. The molecule has 100 valence electrons. The van der Waals surface area contributed by atoms with E-state index in [0.29, 0.717) is 16.3 Å². The Labute approximate surface area is 123 Å². The Hall–Kier alpha value is -1.13. The van der Waals surface area contributed by atoms with Crippen molar-refractivity contribution in [3.63, 3.8) is 0 Å². The van der Waals surface area contributed by atoms with E-state index in [4.69, 9.17) is 11.6 Å². The molecule has 1 atom stereocenters. The molecular weight excluding hydrogens is 336 g/mol. The van der Waals surface area contributed by atoms with Gasteiger partial charge >= 0.3 is 0 Å². The molecule has 0 saturated heterocycles. The van der Waals surface area contributed by atoms with E-state index < -0.39 is 11.6 Å². The topological polar surface area (TPSA) is 12.0 Å². The largest absolute Gasteiger partial charge is 0.377 e. The van der Waals surface area contributed by atoms with Gasteiger partial charge in [0.1, 0.15) is 11.6 Å². The number of nitrogens with one attached hydrogen (secondary N) is 1. The van der Waals surface area contributed by atoms with Crippen LogP contribution in [0.2, 0.25) is 5.02 Å². The number of rotatable bonds is 3. The van der Waals surface area contributed by atoms with Crippen LogP contribution in [0.1, 0.15) is 18.5 Å². The van der Waals surface area contributed by atoms with Gasteiger partial charge in [0.2, 0.25) is 0 Å². The summed E-state index contributed by atoms with van der Waals surface area (Å²) in [6, 6.07) is 8.56. The summed E-state index contributed by atoms with van der Waals surface area (Å²) in [5.41, 5.74) is 1.22. The normalized spacial score (nSPS) is 12.3. The SMILES string of the molecule is CC(Nc1cc(Br)ccc1Cl)c1cc(F)cc(F)c1. The van der Waals surface area contributed by atoms with Gasteiger partial charge in [0.25, 0.3) is 0 Å². The zero-order chi connectivity index (χ0) is 14.0. The molecule has 0 fully saturated rings. The van der Waals surface area contributed by atoms with Gasteiger partial charge in [-0.15, -0.1) is 0 Å². The first kappa shape index (κ1) is 14.3. The molecule has 0 spiro atoms. The van der Waals surface area contributed by atoms with Crippen LogP contribution in [0.15, 0.2) is 40.9 Å². The zero-order valence-corrected chi connectivity index (χ0v) is 12.4. The first-order chi connectivity index (χ1) is 8.95. The van der Waals surface area contributed by atoms with Crippen molar-refractivity contribution in [3.05, 3.63) is 63.1 Å². The smallest absolute Gasteiger partial charge is 0.126 e. The Morgan fingerprint density at radius 3 is 2.37 bits per heavy atom. The first-order valence-corrected chi connectivity index (χ1v) is 6.80. The minimum Gasteiger partial charge on any atom is -0.377 e. The van der Waals surface area contributed by atoms with Gasteiger partial charge in [0.05, 0.1) is 10.7 Å². The van der Waals surface area contributed by atoms with Crippen molar-refractivity contribution in [2.24, 2.45) is 0 Å². The minimum absolute atomic E-state index is 0.267. The second-order valence-electron chi connectivity index (χ2n) is 4.19. The average Bonchev–Trinajstić information content (AvgIpc) is 2.32. The fourth-order valence-electron chi connectivity index (χ4n) is 1.75. The maximum atomic E-state index is 13.2. The van der Waals surface area contributed by atoms with Crippen LogP contribution >= 0.6 is 27.5 Å². The van der Waals surface area contributed by atoms with E-state index in [-0.39, 0.29) is 6.04 Å². The van der Waals surface area contributed by atoms with Gasteiger partial charge < -0.3 is 5.32 Å². The van der Waals surface area contributed by atoms with Gasteiger partial charge in [-0.05, 0) is 42.8 Å². The molecule has 1 unspecified atom stereocenters. The Balaban J connectivity index is 2.25. The number of hydrogen-bond donors (Lipinski definition) is 1. The van der Waals surface area contributed by atoms with Crippen LogP contribution < -0.4 is 5.32 Å². The summed E-state index contributed by atoms with van der Waals surface area (Å²) < 4.78 is 27.2. The second-order valence-corrected chi connectivity index (χ2v) is 5.52. The summed E-state index contributed by atoms with van der Waals surface area (Å²) in [7, 11) is 0. The van der Waals surface area contributed by atoms with E-state index >= 15 is 0 Å². The zero-order valence-electron chi connectivity index (χ0n) is 10.1. The molecule has 0 saturated carbocycles. The monoisotopic (exact) mass is 345 g/mol. The summed E-state index contributed by atoms with van der Waals surface area (Å²) in [5, 5.41) is 3.67. The van der Waals surface area contributed by atoms with Crippen molar-refractivity contribution < 1.29 is 8.78 Å². The molecule has 1 nitrogen and oxygen atoms in total. The molecule has 0 aromatic heterocycles. The van der Waals surface area contributed by atoms with Gasteiger partial charge in [-0.25, -0.2) is 8.78 Å². The van der Waals surface area contributed by atoms with Crippen molar-refractivity contribution in [1.29, 1.82) is 0 Å². The fourth-order valence-corrected chi connectivity index (χ4v) is 2.28. The number of halogens is 4. The summed E-state index contributed by atoms with van der Waals surface area (Å²) in [5.74, 6) is -1.19. The molecule has 0 bridgehead atoms. The summed E-state index contributed by atoms with van der Waals surface area (Å²) in [6.45, 7) is 1.81. The standard InChI is InChI=1S/C14H11BrClF2N/c1-8(9-4-11(17)7-12(18)5-9)19-14-6-10(15)2-3-13(14)16/h2-8,19H,1H3. The summed E-state index contributed by atoms with van der Waals surface area (Å²) in [4.78, 5) is 0. The van der Waals surface area contributed by atoms with E-state index in [1.807, 2.05) is 19.1 Å². The van der Waals surface area contributed by atoms with E-state index in [1.54, 1.807) is 6.07 Å². The van der Waals surface area contributed by atoms with Crippen LogP contribution in [-0.2, 0) is 0 Å². The van der Waals surface area contributed by atoms with E-state index in [2.05, 4.69) is 21.2 Å². The lowest BCUT2D eigenvalue weighted by Gasteiger charge is -2.17. The van der Waals surface area contributed by atoms with Gasteiger partial charge in [0, 0.05) is 16.6 Å². The minimum atomic E-state index is -0.594. The molecule has 0 radical (unpaired) electrons. The molecule has 2 rings (SSSR count). The van der Waals surface area contributed by atoms with E-state index in [1.165, 1.54) is 12.1 Å². The second kappa shape index (κ2) is 5.88. The molecule has 2 aromatic rings. The third-order valence-electron chi connectivity index (χ3n) is 2.69. The molecular formula is C14H11BrClF2N. The molecule has 19 heavy (non-hydrogen) atoms. The number of hydrogen-bond acceptors (Lipinski definition) is 1. The van der Waals surface area contributed by atoms with Crippen molar-refractivity contribution in [3.8, 4) is 0 Å². The molecule has 0 aliphatic carbocycles. The Morgan fingerprint density at radius 2 is 1.74 bits per heavy atom. The molecule has 0 aliphatic rings. The summed E-state index contributed by atoms with van der Waals surface area (Å²) >= 11 is 9.41. The van der Waals surface area contributed by atoms with Crippen LogP contribution in [0.5, 0.6) is 0 Å². The summed E-state index contributed by atoms with van der Waals surface area (Å²) in [6.07, 6.45) is 0. The predicted molar refractivity (Wildman–Crippen MR) is 77.5 cm³/mol. The van der Waals surface area contributed by atoms with Crippen LogP contribution in [-0.4, -0.2) is 0 Å². The van der Waals surface area contributed by atoms with Crippen molar-refractivity contribution >= 4 is 33.2 Å². The van der Waals surface area contributed by atoms with Gasteiger partial charge in [-0.3, -0.25) is 0 Å². The van der Waals surface area contributed by atoms with E-state index in [9.17, 15) is 8.78 Å². The van der Waals surface area contributed by atoms with Crippen LogP contribution in [0.4, 0.5) is 14.5 Å². The maximum absolute atomic E-state index is 13.2. The maximum Gasteiger partial charge on any atom is 0.126 e. The fraction of sp³-hybridized carbons (Fsp3) is 0.143. The Kier molecular flexibility index (Phi) is 4.42. The van der Waals surface area contributed by atoms with Crippen molar-refractivity contribution in [2.45, 2.75) is 13.0 Å². The molecule has 2 aromatic carbocycles. The molecule has 5 heteroatoms. The van der Waals surface area contributed by atoms with Crippen molar-refractivity contribution in [2.75, 3.05) is 5.32 Å². The van der Waals surface area contributed by atoms with Crippen LogP contribution in [0.3, 0.4) is 0 Å².